The van der Waals surface area contributed by atoms with Crippen LogP contribution >= 0.6 is 0 Å². The molecule has 0 bridgehead atoms. The van der Waals surface area contributed by atoms with Crippen molar-refractivity contribution in [3.63, 3.8) is 0 Å². The minimum atomic E-state index is -0.957. The normalized spacial score (nSPS) is 11.9. The maximum absolute atomic E-state index is 13.5. The monoisotopic (exact) mass is 551 g/mol. The molecule has 40 heavy (non-hydrogen) atoms. The first-order valence-electron chi connectivity index (χ1n) is 13.0. The van der Waals surface area contributed by atoms with Gasteiger partial charge in [0.05, 0.1) is 18.8 Å². The summed E-state index contributed by atoms with van der Waals surface area (Å²) in [6.07, 6.45) is 1.92. The summed E-state index contributed by atoms with van der Waals surface area (Å²) in [7, 11) is 0. The predicted octanol–water partition coefficient (Wildman–Crippen LogP) is 3.96. The molecule has 0 saturated heterocycles. The Morgan fingerprint density at radius 3 is 2.02 bits per heavy atom. The fourth-order valence-electron chi connectivity index (χ4n) is 3.83. The van der Waals surface area contributed by atoms with E-state index in [1.807, 2.05) is 13.8 Å². The highest BCUT2D eigenvalue weighted by Gasteiger charge is 2.34. The van der Waals surface area contributed by atoms with E-state index in [0.29, 0.717) is 28.9 Å². The number of amidine groups is 1. The Balaban J connectivity index is 2.24. The lowest BCUT2D eigenvalue weighted by Gasteiger charge is -2.30. The van der Waals surface area contributed by atoms with Gasteiger partial charge < -0.3 is 24.8 Å². The van der Waals surface area contributed by atoms with Crippen LogP contribution in [-0.2, 0) is 23.9 Å². The molecular weight excluding hydrogens is 514 g/mol. The Labute approximate surface area is 234 Å². The fourth-order valence-corrected chi connectivity index (χ4v) is 3.83. The van der Waals surface area contributed by atoms with E-state index in [1.54, 1.807) is 75.4 Å². The molecule has 3 N–H and O–H groups in total. The number of nitrogens with one attached hydrogen (secondary N) is 1. The Hall–Kier alpha value is -4.47. The van der Waals surface area contributed by atoms with Crippen molar-refractivity contribution in [2.75, 3.05) is 19.8 Å². The van der Waals surface area contributed by atoms with Crippen molar-refractivity contribution >= 4 is 35.7 Å². The van der Waals surface area contributed by atoms with Crippen molar-refractivity contribution in [1.82, 2.24) is 4.90 Å². The first kappa shape index (κ1) is 31.7. The second-order valence-corrected chi connectivity index (χ2v) is 9.41. The average molecular weight is 552 g/mol. The van der Waals surface area contributed by atoms with E-state index in [1.165, 1.54) is 4.90 Å². The summed E-state index contributed by atoms with van der Waals surface area (Å²) in [6.45, 7) is 8.64. The summed E-state index contributed by atoms with van der Waals surface area (Å²) in [5.74, 6) is -2.03. The third-order valence-corrected chi connectivity index (χ3v) is 5.74. The fraction of sp³-hybridized carbons (Fsp3) is 0.367. The molecule has 10 nitrogen and oxygen atoms in total. The van der Waals surface area contributed by atoms with E-state index in [-0.39, 0.29) is 30.5 Å². The quantitative estimate of drug-likeness (QED) is 0.125. The number of ether oxygens (including phenoxy) is 3. The lowest BCUT2D eigenvalue weighted by Crippen LogP contribution is -2.49. The molecule has 1 amide bonds. The van der Waals surface area contributed by atoms with Gasteiger partial charge in [-0.2, -0.15) is 0 Å². The Morgan fingerprint density at radius 2 is 1.50 bits per heavy atom. The molecule has 2 aromatic carbocycles. The van der Waals surface area contributed by atoms with Gasteiger partial charge in [0.25, 0.3) is 5.91 Å². The highest BCUT2D eigenvalue weighted by molar-refractivity contribution is 6.01. The van der Waals surface area contributed by atoms with Crippen LogP contribution in [-0.4, -0.2) is 60.4 Å². The van der Waals surface area contributed by atoms with Gasteiger partial charge in [0.15, 0.2) is 0 Å². The summed E-state index contributed by atoms with van der Waals surface area (Å²) >= 11 is 0. The van der Waals surface area contributed by atoms with Crippen molar-refractivity contribution in [2.45, 2.75) is 47.1 Å². The molecule has 2 rings (SSSR count). The average Bonchev–Trinajstić information content (AvgIpc) is 2.91. The second-order valence-electron chi connectivity index (χ2n) is 9.41. The van der Waals surface area contributed by atoms with Crippen LogP contribution < -0.4 is 10.5 Å². The van der Waals surface area contributed by atoms with Gasteiger partial charge in [-0.25, -0.2) is 9.59 Å². The number of nitrogens with zero attached hydrogens (tertiary/aromatic N) is 1. The van der Waals surface area contributed by atoms with Crippen LogP contribution in [0.25, 0.3) is 6.08 Å². The molecule has 0 saturated carbocycles. The third-order valence-electron chi connectivity index (χ3n) is 5.74. The zero-order valence-electron chi connectivity index (χ0n) is 23.6. The van der Waals surface area contributed by atoms with Crippen LogP contribution in [0.4, 0.5) is 0 Å². The first-order chi connectivity index (χ1) is 19.0. The number of nitrogens with two attached hydrogens (primary N) is 1. The van der Waals surface area contributed by atoms with Crippen LogP contribution in [0.5, 0.6) is 5.75 Å². The van der Waals surface area contributed by atoms with Gasteiger partial charge in [-0.05, 0) is 81.1 Å². The number of benzene rings is 2. The number of carbonyl (C=O) groups excluding carboxylic acids is 4. The van der Waals surface area contributed by atoms with E-state index >= 15 is 0 Å². The standard InChI is InChI=1S/C30H37N3O7/c1-6-38-26(34)18-33(25(16-19(3)4)30(37)39-7-2)28(35)20(5)17-21-8-10-23(11-9-21)29(36)40-24-14-12-22(13-15-24)27(31)32/h8-15,17,19,25H,6-7,16,18H2,1-5H3,(H3,31,32)/b20-17+/t25-/m0/s1. The topological polar surface area (TPSA) is 149 Å². The molecule has 0 fully saturated rings. The number of hydrogen-bond acceptors (Lipinski definition) is 8. The Bertz CT molecular complexity index is 1230. The molecule has 10 heteroatoms. The van der Waals surface area contributed by atoms with Gasteiger partial charge in [-0.3, -0.25) is 15.0 Å². The zero-order chi connectivity index (χ0) is 29.8. The number of hydrogen-bond donors (Lipinski definition) is 2. The SMILES string of the molecule is CCOC(=O)CN(C(=O)/C(C)=C/c1ccc(C(=O)Oc2ccc(C(=N)N)cc2)cc1)[C@@H](CC(C)C)C(=O)OCC. The molecule has 0 spiro atoms. The van der Waals surface area contributed by atoms with Crippen LogP contribution in [0, 0.1) is 11.3 Å². The highest BCUT2D eigenvalue weighted by Crippen LogP contribution is 2.19. The largest absolute Gasteiger partial charge is 0.465 e. The molecule has 0 unspecified atom stereocenters. The molecule has 0 aliphatic carbocycles. The number of esters is 3. The molecule has 0 heterocycles. The first-order valence-corrected chi connectivity index (χ1v) is 13.0. The van der Waals surface area contributed by atoms with Crippen molar-refractivity contribution in [2.24, 2.45) is 11.7 Å². The summed E-state index contributed by atoms with van der Waals surface area (Å²) in [5.41, 5.74) is 7.15. The van der Waals surface area contributed by atoms with Gasteiger partial charge >= 0.3 is 17.9 Å². The van der Waals surface area contributed by atoms with Crippen molar-refractivity contribution in [3.05, 3.63) is 70.8 Å². The summed E-state index contributed by atoms with van der Waals surface area (Å²) in [6, 6.07) is 11.7. The number of amides is 1. The highest BCUT2D eigenvalue weighted by atomic mass is 16.5. The van der Waals surface area contributed by atoms with E-state index < -0.39 is 36.4 Å². The third kappa shape index (κ3) is 9.37. The minimum absolute atomic E-state index is 0.0514. The zero-order valence-corrected chi connectivity index (χ0v) is 23.6. The molecule has 1 atom stereocenters. The van der Waals surface area contributed by atoms with Gasteiger partial charge in [-0.15, -0.1) is 0 Å². The van der Waals surface area contributed by atoms with Crippen LogP contribution in [0.2, 0.25) is 0 Å². The van der Waals surface area contributed by atoms with Crippen molar-refractivity contribution in [1.29, 1.82) is 5.41 Å². The van der Waals surface area contributed by atoms with Gasteiger partial charge in [0.2, 0.25) is 0 Å². The Kier molecular flexibility index (Phi) is 12.1. The molecular formula is C30H37N3O7. The lowest BCUT2D eigenvalue weighted by atomic mass is 10.0. The van der Waals surface area contributed by atoms with E-state index in [0.717, 1.165) is 0 Å². The van der Waals surface area contributed by atoms with E-state index in [9.17, 15) is 19.2 Å². The van der Waals surface area contributed by atoms with Gasteiger partial charge in [0, 0.05) is 11.1 Å². The minimum Gasteiger partial charge on any atom is -0.465 e. The van der Waals surface area contributed by atoms with Crippen molar-refractivity contribution < 1.29 is 33.4 Å². The van der Waals surface area contributed by atoms with Gasteiger partial charge in [-0.1, -0.05) is 26.0 Å². The Morgan fingerprint density at radius 1 is 0.925 bits per heavy atom. The summed E-state index contributed by atoms with van der Waals surface area (Å²) < 4.78 is 15.6. The van der Waals surface area contributed by atoms with E-state index in [4.69, 9.17) is 25.4 Å². The molecule has 214 valence electrons. The predicted molar refractivity (Wildman–Crippen MR) is 151 cm³/mol. The molecule has 0 radical (unpaired) electrons. The summed E-state index contributed by atoms with van der Waals surface area (Å²) in [4.78, 5) is 52.4. The molecule has 0 aromatic heterocycles. The maximum atomic E-state index is 13.5. The lowest BCUT2D eigenvalue weighted by molar-refractivity contribution is -0.158. The number of rotatable bonds is 13. The van der Waals surface area contributed by atoms with Gasteiger partial charge in [0.1, 0.15) is 24.2 Å². The van der Waals surface area contributed by atoms with Crippen molar-refractivity contribution in [3.8, 4) is 5.75 Å². The molecule has 0 aliphatic rings. The summed E-state index contributed by atoms with van der Waals surface area (Å²) in [5, 5.41) is 7.43. The smallest absolute Gasteiger partial charge is 0.343 e. The van der Waals surface area contributed by atoms with E-state index in [2.05, 4.69) is 0 Å². The molecule has 2 aromatic rings. The molecule has 0 aliphatic heterocycles. The van der Waals surface area contributed by atoms with Crippen LogP contribution in [0.3, 0.4) is 0 Å². The van der Waals surface area contributed by atoms with Crippen LogP contribution in [0.1, 0.15) is 62.5 Å². The van der Waals surface area contributed by atoms with Crippen LogP contribution in [0.15, 0.2) is 54.1 Å². The number of nitrogen functional groups attached to an aromatic ring is 1. The second kappa shape index (κ2) is 15.2. The number of carbonyl (C=O) groups is 4. The maximum Gasteiger partial charge on any atom is 0.343 e.